The van der Waals surface area contributed by atoms with Crippen molar-refractivity contribution < 1.29 is 18.7 Å². The van der Waals surface area contributed by atoms with Crippen molar-refractivity contribution in [3.8, 4) is 11.5 Å². The second kappa shape index (κ2) is 5.33. The van der Waals surface area contributed by atoms with Crippen LogP contribution in [0, 0.1) is 13.8 Å². The number of nitrogens with zero attached hydrogens (tertiary/aromatic N) is 3. The van der Waals surface area contributed by atoms with Crippen molar-refractivity contribution in [1.29, 1.82) is 0 Å². The fraction of sp³-hybridized carbons (Fsp3) is 0.500. The molecular weight excluding hydrogens is 274 g/mol. The van der Waals surface area contributed by atoms with E-state index in [-0.39, 0.29) is 6.54 Å². The molecule has 112 valence electrons. The Morgan fingerprint density at radius 2 is 2.14 bits per heavy atom. The Morgan fingerprint density at radius 3 is 2.71 bits per heavy atom. The molecule has 0 aromatic carbocycles. The lowest BCUT2D eigenvalue weighted by Gasteiger charge is -2.16. The monoisotopic (exact) mass is 291 g/mol. The van der Waals surface area contributed by atoms with Crippen LogP contribution in [0.5, 0.6) is 0 Å². The second-order valence-corrected chi connectivity index (χ2v) is 5.36. The number of rotatable bonds is 6. The first-order chi connectivity index (χ1) is 10.0. The summed E-state index contributed by atoms with van der Waals surface area (Å²) in [5.74, 6) is 1.50. The predicted octanol–water partition coefficient (Wildman–Crippen LogP) is 2.00. The van der Waals surface area contributed by atoms with Gasteiger partial charge in [-0.15, -0.1) is 10.2 Å². The van der Waals surface area contributed by atoms with Crippen molar-refractivity contribution in [1.82, 2.24) is 15.1 Å². The lowest BCUT2D eigenvalue weighted by Crippen LogP contribution is -2.31. The quantitative estimate of drug-likeness (QED) is 0.870. The summed E-state index contributed by atoms with van der Waals surface area (Å²) in [4.78, 5) is 12.7. The number of aromatic nitrogens is 2. The molecule has 0 aliphatic heterocycles. The van der Waals surface area contributed by atoms with Gasteiger partial charge in [-0.1, -0.05) is 0 Å². The minimum Gasteiger partial charge on any atom is -0.480 e. The van der Waals surface area contributed by atoms with Crippen LogP contribution in [0.25, 0.3) is 11.5 Å². The zero-order valence-electron chi connectivity index (χ0n) is 12.0. The highest BCUT2D eigenvalue weighted by molar-refractivity contribution is 5.69. The number of carboxylic acid groups (broad SMARTS) is 1. The lowest BCUT2D eigenvalue weighted by molar-refractivity contribution is -0.138. The van der Waals surface area contributed by atoms with E-state index >= 15 is 0 Å². The first-order valence-corrected chi connectivity index (χ1v) is 6.88. The van der Waals surface area contributed by atoms with E-state index in [0.29, 0.717) is 24.4 Å². The number of carbonyl (C=O) groups is 1. The van der Waals surface area contributed by atoms with Gasteiger partial charge in [0.05, 0.1) is 18.7 Å². The van der Waals surface area contributed by atoms with Gasteiger partial charge >= 0.3 is 5.97 Å². The van der Waals surface area contributed by atoms with Crippen LogP contribution in [0.2, 0.25) is 0 Å². The normalized spacial score (nSPS) is 14.8. The molecule has 0 saturated heterocycles. The number of aliphatic carboxylic acids is 1. The van der Waals surface area contributed by atoms with Crippen molar-refractivity contribution in [2.24, 2.45) is 0 Å². The Hall–Kier alpha value is -2.15. The maximum Gasteiger partial charge on any atom is 0.317 e. The molecule has 7 nitrogen and oxygen atoms in total. The van der Waals surface area contributed by atoms with Crippen LogP contribution in [-0.4, -0.2) is 38.8 Å². The van der Waals surface area contributed by atoms with Gasteiger partial charge in [-0.2, -0.15) is 0 Å². The molecule has 0 atom stereocenters. The SMILES string of the molecule is Cc1cc(-c2nnc(CN(CC(=O)O)C3CC3)o2)c(C)o1. The molecule has 0 spiro atoms. The van der Waals surface area contributed by atoms with Crippen molar-refractivity contribution in [3.63, 3.8) is 0 Å². The van der Waals surface area contributed by atoms with Gasteiger partial charge in [0.15, 0.2) is 0 Å². The largest absolute Gasteiger partial charge is 0.480 e. The van der Waals surface area contributed by atoms with Crippen LogP contribution in [-0.2, 0) is 11.3 Å². The molecule has 2 aromatic rings. The average Bonchev–Trinajstić information content (AvgIpc) is 3.06. The van der Waals surface area contributed by atoms with Crippen molar-refractivity contribution in [2.75, 3.05) is 6.54 Å². The Kier molecular flexibility index (Phi) is 3.50. The topological polar surface area (TPSA) is 92.6 Å². The van der Waals surface area contributed by atoms with Crippen molar-refractivity contribution in [3.05, 3.63) is 23.5 Å². The highest BCUT2D eigenvalue weighted by Crippen LogP contribution is 2.29. The van der Waals surface area contributed by atoms with Gasteiger partial charge in [-0.05, 0) is 32.8 Å². The maximum atomic E-state index is 10.9. The molecule has 2 heterocycles. The van der Waals surface area contributed by atoms with Gasteiger partial charge in [0.25, 0.3) is 5.89 Å². The van der Waals surface area contributed by atoms with E-state index in [2.05, 4.69) is 10.2 Å². The zero-order valence-corrected chi connectivity index (χ0v) is 12.0. The third kappa shape index (κ3) is 3.13. The number of aryl methyl sites for hydroxylation is 2. The first kappa shape index (κ1) is 13.8. The van der Waals surface area contributed by atoms with Crippen molar-refractivity contribution in [2.45, 2.75) is 39.3 Å². The molecule has 2 aromatic heterocycles. The Bertz CT molecular complexity index is 657. The van der Waals surface area contributed by atoms with Gasteiger partial charge in [-0.3, -0.25) is 9.69 Å². The molecule has 0 amide bonds. The number of furan rings is 1. The van der Waals surface area contributed by atoms with Gasteiger partial charge in [0.2, 0.25) is 5.89 Å². The first-order valence-electron chi connectivity index (χ1n) is 6.88. The van der Waals surface area contributed by atoms with Crippen LogP contribution in [0.4, 0.5) is 0 Å². The lowest BCUT2D eigenvalue weighted by atomic mass is 10.2. The van der Waals surface area contributed by atoms with Crippen LogP contribution in [0.3, 0.4) is 0 Å². The second-order valence-electron chi connectivity index (χ2n) is 5.36. The Morgan fingerprint density at radius 1 is 1.38 bits per heavy atom. The summed E-state index contributed by atoms with van der Waals surface area (Å²) in [6, 6.07) is 2.16. The Labute approximate surface area is 121 Å². The highest BCUT2D eigenvalue weighted by atomic mass is 16.4. The van der Waals surface area contributed by atoms with Gasteiger partial charge in [0.1, 0.15) is 11.5 Å². The maximum absolute atomic E-state index is 10.9. The van der Waals surface area contributed by atoms with Gasteiger partial charge in [0, 0.05) is 6.04 Å². The van der Waals surface area contributed by atoms with E-state index in [1.165, 1.54) is 0 Å². The molecule has 21 heavy (non-hydrogen) atoms. The van der Waals surface area contributed by atoms with Gasteiger partial charge in [-0.25, -0.2) is 0 Å². The van der Waals surface area contributed by atoms with Crippen LogP contribution < -0.4 is 0 Å². The fourth-order valence-corrected chi connectivity index (χ4v) is 2.37. The smallest absolute Gasteiger partial charge is 0.317 e. The molecule has 1 fully saturated rings. The van der Waals surface area contributed by atoms with E-state index in [1.54, 1.807) is 0 Å². The molecule has 3 rings (SSSR count). The molecule has 1 aliphatic carbocycles. The highest BCUT2D eigenvalue weighted by Gasteiger charge is 2.31. The molecule has 0 bridgehead atoms. The number of carboxylic acids is 1. The van der Waals surface area contributed by atoms with E-state index in [4.69, 9.17) is 13.9 Å². The standard InChI is InChI=1S/C14H17N3O4/c1-8-5-11(9(2)20-8)14-16-15-12(21-14)6-17(7-13(18)19)10-3-4-10/h5,10H,3-4,6-7H2,1-2H3,(H,18,19). The summed E-state index contributed by atoms with van der Waals surface area (Å²) >= 11 is 0. The van der Waals surface area contributed by atoms with E-state index < -0.39 is 5.97 Å². The van der Waals surface area contributed by atoms with E-state index in [9.17, 15) is 4.79 Å². The minimum atomic E-state index is -0.844. The molecule has 1 aliphatic rings. The van der Waals surface area contributed by atoms with Crippen LogP contribution in [0.1, 0.15) is 30.3 Å². The van der Waals surface area contributed by atoms with E-state index in [0.717, 1.165) is 29.9 Å². The molecule has 7 heteroatoms. The average molecular weight is 291 g/mol. The molecule has 1 saturated carbocycles. The predicted molar refractivity (Wildman–Crippen MR) is 72.5 cm³/mol. The summed E-state index contributed by atoms with van der Waals surface area (Å²) in [5.41, 5.74) is 0.780. The van der Waals surface area contributed by atoms with Gasteiger partial charge < -0.3 is 13.9 Å². The zero-order chi connectivity index (χ0) is 15.0. The molecular formula is C14H17N3O4. The third-order valence-electron chi connectivity index (χ3n) is 3.48. The summed E-state index contributed by atoms with van der Waals surface area (Å²) in [5, 5.41) is 17.0. The summed E-state index contributed by atoms with van der Waals surface area (Å²) in [6.45, 7) is 4.05. The van der Waals surface area contributed by atoms with Crippen LogP contribution in [0.15, 0.2) is 14.9 Å². The summed E-state index contributed by atoms with van der Waals surface area (Å²) in [6.07, 6.45) is 2.04. The van der Waals surface area contributed by atoms with Crippen LogP contribution >= 0.6 is 0 Å². The molecule has 0 radical (unpaired) electrons. The summed E-state index contributed by atoms with van der Waals surface area (Å²) in [7, 11) is 0. The van der Waals surface area contributed by atoms with E-state index in [1.807, 2.05) is 24.8 Å². The number of hydrogen-bond donors (Lipinski definition) is 1. The fourth-order valence-electron chi connectivity index (χ4n) is 2.37. The Balaban J connectivity index is 1.75. The molecule has 1 N–H and O–H groups in total. The minimum absolute atomic E-state index is 0.00771. The third-order valence-corrected chi connectivity index (χ3v) is 3.48. The summed E-state index contributed by atoms with van der Waals surface area (Å²) < 4.78 is 11.1. The molecule has 0 unspecified atom stereocenters. The van der Waals surface area contributed by atoms with Crippen molar-refractivity contribution >= 4 is 5.97 Å². The number of hydrogen-bond acceptors (Lipinski definition) is 6.